The second-order valence-corrected chi connectivity index (χ2v) is 9.58. The van der Waals surface area contributed by atoms with Gasteiger partial charge in [0.1, 0.15) is 0 Å². The molecule has 0 radical (unpaired) electrons. The van der Waals surface area contributed by atoms with Crippen molar-refractivity contribution in [3.8, 4) is 0 Å². The first-order valence-electron chi connectivity index (χ1n) is 12.2. The summed E-state index contributed by atoms with van der Waals surface area (Å²) in [4.78, 5) is 30.7. The van der Waals surface area contributed by atoms with Gasteiger partial charge in [-0.15, -0.1) is 0 Å². The molecule has 3 amide bonds. The van der Waals surface area contributed by atoms with Crippen LogP contribution in [0.4, 0.5) is 10.5 Å². The number of amides is 3. The van der Waals surface area contributed by atoms with Crippen LogP contribution >= 0.6 is 0 Å². The quantitative estimate of drug-likeness (QED) is 0.777. The van der Waals surface area contributed by atoms with Gasteiger partial charge in [-0.25, -0.2) is 9.31 Å². The van der Waals surface area contributed by atoms with Crippen molar-refractivity contribution in [1.29, 1.82) is 0 Å². The summed E-state index contributed by atoms with van der Waals surface area (Å²) in [6.07, 6.45) is 12.3. The highest BCUT2D eigenvalue weighted by Gasteiger charge is 2.27. The monoisotopic (exact) mass is 438 g/mol. The molecule has 2 aromatic heterocycles. The highest BCUT2D eigenvalue weighted by molar-refractivity contribution is 6.07. The van der Waals surface area contributed by atoms with E-state index in [0.29, 0.717) is 13.0 Å². The minimum absolute atomic E-state index is 0.220. The van der Waals surface area contributed by atoms with Crippen molar-refractivity contribution in [3.05, 3.63) is 30.1 Å². The highest BCUT2D eigenvalue weighted by Crippen LogP contribution is 2.26. The number of carbonyl (C=O) groups excluding carboxylic acids is 2. The summed E-state index contributed by atoms with van der Waals surface area (Å²) in [5.74, 6) is 0.683. The minimum Gasteiger partial charge on any atom is -0.302 e. The molecule has 1 saturated carbocycles. The molecule has 8 heteroatoms. The maximum absolute atomic E-state index is 12.3. The van der Waals surface area contributed by atoms with Crippen molar-refractivity contribution in [2.45, 2.75) is 51.5 Å². The van der Waals surface area contributed by atoms with E-state index in [9.17, 15) is 9.59 Å². The zero-order chi connectivity index (χ0) is 21.9. The molecule has 8 nitrogen and oxygen atoms in total. The molecule has 0 aromatic carbocycles. The van der Waals surface area contributed by atoms with Crippen LogP contribution in [-0.2, 0) is 11.3 Å². The van der Waals surface area contributed by atoms with Gasteiger partial charge in [0.25, 0.3) is 0 Å². The van der Waals surface area contributed by atoms with Crippen LogP contribution in [0.15, 0.2) is 24.5 Å². The lowest BCUT2D eigenvalue weighted by Gasteiger charge is -2.29. The smallest absolute Gasteiger partial charge is 0.302 e. The van der Waals surface area contributed by atoms with Crippen LogP contribution < -0.4 is 10.2 Å². The Hall–Kier alpha value is -2.45. The number of urea groups is 1. The molecule has 1 N–H and O–H groups in total. The summed E-state index contributed by atoms with van der Waals surface area (Å²) in [5, 5.41) is 6.81. The van der Waals surface area contributed by atoms with Crippen LogP contribution in [0.2, 0.25) is 0 Å². The SMILES string of the molecule is O=C1CCN(c2cnn3ccc(CN4CCCN(CC5CCCCC5)CC4)cc23)C(=O)N1. The zero-order valence-corrected chi connectivity index (χ0v) is 18.8. The highest BCUT2D eigenvalue weighted by atomic mass is 16.2. The van der Waals surface area contributed by atoms with Crippen LogP contribution in [-0.4, -0.2) is 70.6 Å². The Labute approximate surface area is 189 Å². The average Bonchev–Trinajstić information content (AvgIpc) is 3.08. The molecule has 2 aliphatic heterocycles. The fourth-order valence-corrected chi connectivity index (χ4v) is 5.47. The predicted molar refractivity (Wildman–Crippen MR) is 124 cm³/mol. The largest absolute Gasteiger partial charge is 0.328 e. The Balaban J connectivity index is 1.23. The van der Waals surface area contributed by atoms with Crippen LogP contribution in [0, 0.1) is 5.92 Å². The predicted octanol–water partition coefficient (Wildman–Crippen LogP) is 2.87. The van der Waals surface area contributed by atoms with Crippen LogP contribution in [0.25, 0.3) is 5.52 Å². The van der Waals surface area contributed by atoms with Gasteiger partial charge in [-0.3, -0.25) is 19.9 Å². The molecule has 2 aromatic rings. The van der Waals surface area contributed by atoms with Gasteiger partial charge in [-0.1, -0.05) is 19.3 Å². The third kappa shape index (κ3) is 4.81. The first-order valence-corrected chi connectivity index (χ1v) is 12.2. The minimum atomic E-state index is -0.368. The van der Waals surface area contributed by atoms with Gasteiger partial charge in [0.2, 0.25) is 5.91 Å². The van der Waals surface area contributed by atoms with Crippen molar-refractivity contribution in [1.82, 2.24) is 24.7 Å². The van der Waals surface area contributed by atoms with E-state index in [-0.39, 0.29) is 11.9 Å². The topological polar surface area (TPSA) is 73.2 Å². The second-order valence-electron chi connectivity index (χ2n) is 9.58. The molecule has 172 valence electrons. The van der Waals surface area contributed by atoms with Gasteiger partial charge >= 0.3 is 6.03 Å². The summed E-state index contributed by atoms with van der Waals surface area (Å²) in [5.41, 5.74) is 2.89. The van der Waals surface area contributed by atoms with E-state index in [4.69, 9.17) is 0 Å². The second kappa shape index (κ2) is 9.58. The molecule has 4 heterocycles. The summed E-state index contributed by atoms with van der Waals surface area (Å²) >= 11 is 0. The number of aromatic nitrogens is 2. The van der Waals surface area contributed by atoms with E-state index in [0.717, 1.165) is 43.3 Å². The number of anilines is 1. The molecule has 2 saturated heterocycles. The number of hydrogen-bond acceptors (Lipinski definition) is 5. The van der Waals surface area contributed by atoms with Gasteiger partial charge < -0.3 is 4.90 Å². The normalized spacial score (nSPS) is 22.3. The van der Waals surface area contributed by atoms with Crippen molar-refractivity contribution >= 4 is 23.1 Å². The fourth-order valence-electron chi connectivity index (χ4n) is 5.47. The Morgan fingerprint density at radius 2 is 1.78 bits per heavy atom. The molecular formula is C24H34N6O2. The zero-order valence-electron chi connectivity index (χ0n) is 18.8. The summed E-state index contributed by atoms with van der Waals surface area (Å²) in [6, 6.07) is 3.89. The van der Waals surface area contributed by atoms with Crippen molar-refractivity contribution in [2.24, 2.45) is 5.92 Å². The maximum atomic E-state index is 12.3. The molecular weight excluding hydrogens is 404 g/mol. The number of pyridine rings is 1. The standard InChI is InChI=1S/C24H34N6O2/c31-23-8-11-29(24(32)26-23)22-16-25-30-12-7-20(15-21(22)30)18-28-10-4-9-27(13-14-28)17-19-5-2-1-3-6-19/h7,12,15-16,19H,1-6,8-11,13-14,17-18H2,(H,26,31,32). The van der Waals surface area contributed by atoms with E-state index >= 15 is 0 Å². The van der Waals surface area contributed by atoms with E-state index < -0.39 is 0 Å². The molecule has 3 fully saturated rings. The summed E-state index contributed by atoms with van der Waals surface area (Å²) in [7, 11) is 0. The van der Waals surface area contributed by atoms with E-state index in [2.05, 4.69) is 32.3 Å². The third-order valence-electron chi connectivity index (χ3n) is 7.24. The van der Waals surface area contributed by atoms with E-state index in [1.165, 1.54) is 57.2 Å². The molecule has 1 aliphatic carbocycles. The number of carbonyl (C=O) groups is 2. The van der Waals surface area contributed by atoms with Gasteiger partial charge in [0, 0.05) is 45.3 Å². The van der Waals surface area contributed by atoms with Crippen molar-refractivity contribution in [3.63, 3.8) is 0 Å². The number of imide groups is 1. The number of nitrogens with zero attached hydrogens (tertiary/aromatic N) is 5. The lowest BCUT2D eigenvalue weighted by molar-refractivity contribution is -0.120. The average molecular weight is 439 g/mol. The van der Waals surface area contributed by atoms with Crippen LogP contribution in [0.5, 0.6) is 0 Å². The number of hydrogen-bond donors (Lipinski definition) is 1. The first-order chi connectivity index (χ1) is 15.7. The van der Waals surface area contributed by atoms with E-state index in [1.807, 2.05) is 6.20 Å². The van der Waals surface area contributed by atoms with Crippen LogP contribution in [0.1, 0.15) is 50.5 Å². The summed E-state index contributed by atoms with van der Waals surface area (Å²) < 4.78 is 1.80. The number of rotatable bonds is 5. The van der Waals surface area contributed by atoms with Crippen molar-refractivity contribution < 1.29 is 9.59 Å². The molecule has 32 heavy (non-hydrogen) atoms. The van der Waals surface area contributed by atoms with Crippen LogP contribution in [0.3, 0.4) is 0 Å². The van der Waals surface area contributed by atoms with Gasteiger partial charge in [0.05, 0.1) is 17.4 Å². The Morgan fingerprint density at radius 1 is 0.969 bits per heavy atom. The van der Waals surface area contributed by atoms with Gasteiger partial charge in [-0.05, 0) is 56.0 Å². The number of nitrogens with one attached hydrogen (secondary N) is 1. The first kappa shape index (κ1) is 21.4. The van der Waals surface area contributed by atoms with Crippen molar-refractivity contribution in [2.75, 3.05) is 44.2 Å². The molecule has 0 unspecified atom stereocenters. The number of fused-ring (bicyclic) bond motifs is 1. The molecule has 5 rings (SSSR count). The molecule has 0 atom stereocenters. The lowest BCUT2D eigenvalue weighted by atomic mass is 9.89. The maximum Gasteiger partial charge on any atom is 0.328 e. The molecule has 0 spiro atoms. The fraction of sp³-hybridized carbons (Fsp3) is 0.625. The Morgan fingerprint density at radius 3 is 2.62 bits per heavy atom. The molecule has 0 bridgehead atoms. The van der Waals surface area contributed by atoms with E-state index in [1.54, 1.807) is 15.6 Å². The molecule has 3 aliphatic rings. The summed E-state index contributed by atoms with van der Waals surface area (Å²) in [6.45, 7) is 7.15. The Kier molecular flexibility index (Phi) is 6.41. The van der Waals surface area contributed by atoms with Gasteiger partial charge in [0.15, 0.2) is 0 Å². The lowest BCUT2D eigenvalue weighted by Crippen LogP contribution is -2.49. The Bertz CT molecular complexity index is 967. The third-order valence-corrected chi connectivity index (χ3v) is 7.24. The van der Waals surface area contributed by atoms with Gasteiger partial charge in [-0.2, -0.15) is 5.10 Å².